The first-order valence-electron chi connectivity index (χ1n) is 10.8. The molecule has 0 aliphatic heterocycles. The zero-order chi connectivity index (χ0) is 25.1. The molecule has 0 aromatic heterocycles. The Morgan fingerprint density at radius 3 is 2.12 bits per heavy atom. The number of alkyl carbamates (subject to hydrolysis) is 1. The monoisotopic (exact) mass is 536 g/mol. The molecule has 0 saturated carbocycles. The molecule has 0 heterocycles. The van der Waals surface area contributed by atoms with Gasteiger partial charge in [0.1, 0.15) is 0 Å². The molecule has 0 aliphatic rings. The minimum absolute atomic E-state index is 0.135. The summed E-state index contributed by atoms with van der Waals surface area (Å²) in [4.78, 5) is 38.0. The maximum absolute atomic E-state index is 13.2. The summed E-state index contributed by atoms with van der Waals surface area (Å²) in [7, 11) is 2.87. The average Bonchev–Trinajstić information content (AvgIpc) is 2.80. The molecule has 0 bridgehead atoms. The van der Waals surface area contributed by atoms with Gasteiger partial charge in [-0.3, -0.25) is 0 Å². The van der Waals surface area contributed by atoms with Gasteiger partial charge in [-0.15, -0.1) is 0 Å². The van der Waals surface area contributed by atoms with Crippen molar-refractivity contribution in [3.8, 4) is 5.75 Å². The van der Waals surface area contributed by atoms with Gasteiger partial charge in [-0.1, -0.05) is 0 Å². The van der Waals surface area contributed by atoms with Gasteiger partial charge in [0, 0.05) is 0 Å². The number of carbonyl (C=O) groups excluding carboxylic acids is 3. The molecule has 2 atom stereocenters. The van der Waals surface area contributed by atoms with Crippen LogP contribution >= 0.6 is 0 Å². The number of rotatable bonds is 10. The van der Waals surface area contributed by atoms with Crippen molar-refractivity contribution in [3.05, 3.63) is 60.2 Å². The van der Waals surface area contributed by atoms with E-state index in [2.05, 4.69) is 10.6 Å². The van der Waals surface area contributed by atoms with Crippen LogP contribution in [0.1, 0.15) is 26.3 Å². The van der Waals surface area contributed by atoms with Crippen LogP contribution in [-0.2, 0) is 25.5 Å². The van der Waals surface area contributed by atoms with Crippen LogP contribution in [0.2, 0.25) is 5.32 Å². The van der Waals surface area contributed by atoms with Crippen LogP contribution < -0.4 is 19.8 Å². The number of benzene rings is 2. The third-order valence-corrected chi connectivity index (χ3v) is 6.89. The zero-order valence-electron chi connectivity index (χ0n) is 20.1. The van der Waals surface area contributed by atoms with Gasteiger partial charge in [-0.2, -0.15) is 0 Å². The van der Waals surface area contributed by atoms with E-state index in [9.17, 15) is 14.4 Å². The average molecular weight is 535 g/mol. The molecule has 0 saturated heterocycles. The third kappa shape index (κ3) is 9.45. The van der Waals surface area contributed by atoms with E-state index in [0.717, 1.165) is 15.8 Å². The Labute approximate surface area is 206 Å². The summed E-state index contributed by atoms with van der Waals surface area (Å²) in [5.41, 5.74) is 0.158. The van der Waals surface area contributed by atoms with E-state index in [4.69, 9.17) is 14.2 Å². The Morgan fingerprint density at radius 1 is 0.912 bits per heavy atom. The number of hydrogen-bond donors (Lipinski definition) is 2. The predicted molar refractivity (Wildman–Crippen MR) is 130 cm³/mol. The molecule has 34 heavy (non-hydrogen) atoms. The maximum atomic E-state index is 13.2. The van der Waals surface area contributed by atoms with E-state index in [1.807, 2.05) is 54.6 Å². The van der Waals surface area contributed by atoms with Crippen molar-refractivity contribution in [2.75, 3.05) is 14.2 Å². The SMILES string of the molecule is COC(=O)[C@H](Cc1ccccc1)NC(=O)[C@H](C[Se]c1ccc(OC)cc1)NC(=O)OC(C)(C)C. The summed E-state index contributed by atoms with van der Waals surface area (Å²) in [5, 5.41) is 5.77. The molecule has 0 radical (unpaired) electrons. The molecule has 0 spiro atoms. The number of amides is 2. The van der Waals surface area contributed by atoms with Crippen molar-refractivity contribution in [3.63, 3.8) is 0 Å². The van der Waals surface area contributed by atoms with E-state index >= 15 is 0 Å². The Morgan fingerprint density at radius 2 is 1.56 bits per heavy atom. The molecule has 0 fully saturated rings. The molecule has 2 aromatic carbocycles. The van der Waals surface area contributed by atoms with Crippen molar-refractivity contribution in [1.82, 2.24) is 10.6 Å². The summed E-state index contributed by atoms with van der Waals surface area (Å²) < 4.78 is 16.4. The van der Waals surface area contributed by atoms with Gasteiger partial charge in [0.25, 0.3) is 0 Å². The predicted octanol–water partition coefficient (Wildman–Crippen LogP) is 2.24. The first-order chi connectivity index (χ1) is 16.1. The van der Waals surface area contributed by atoms with Gasteiger partial charge in [0.15, 0.2) is 0 Å². The Bertz CT molecular complexity index is 944. The van der Waals surface area contributed by atoms with Crippen LogP contribution in [0.15, 0.2) is 54.6 Å². The summed E-state index contributed by atoms with van der Waals surface area (Å²) in [6.45, 7) is 5.24. The topological polar surface area (TPSA) is 103 Å². The van der Waals surface area contributed by atoms with E-state index in [-0.39, 0.29) is 21.4 Å². The Kier molecular flexibility index (Phi) is 10.4. The fraction of sp³-hybridized carbons (Fsp3) is 0.400. The number of ether oxygens (including phenoxy) is 3. The fourth-order valence-electron chi connectivity index (χ4n) is 2.94. The molecule has 2 N–H and O–H groups in total. The van der Waals surface area contributed by atoms with Crippen LogP contribution in [0.25, 0.3) is 0 Å². The van der Waals surface area contributed by atoms with Crippen LogP contribution in [-0.4, -0.2) is 64.8 Å². The van der Waals surface area contributed by atoms with Crippen LogP contribution in [0.3, 0.4) is 0 Å². The summed E-state index contributed by atoms with van der Waals surface area (Å²) in [6, 6.07) is 15.1. The minimum atomic E-state index is -0.892. The fourth-order valence-corrected chi connectivity index (χ4v) is 4.88. The van der Waals surface area contributed by atoms with Crippen molar-refractivity contribution in [2.24, 2.45) is 0 Å². The van der Waals surface area contributed by atoms with Crippen molar-refractivity contribution in [2.45, 2.75) is 50.2 Å². The second-order valence-electron chi connectivity index (χ2n) is 8.46. The van der Waals surface area contributed by atoms with Crippen LogP contribution in [0.5, 0.6) is 5.75 Å². The van der Waals surface area contributed by atoms with Gasteiger partial charge in [0.2, 0.25) is 0 Å². The first kappa shape index (κ1) is 27.2. The summed E-state index contributed by atoms with van der Waals surface area (Å²) >= 11 is -0.135. The molecule has 2 aromatic rings. The number of nitrogens with one attached hydrogen (secondary N) is 2. The molecule has 184 valence electrons. The van der Waals surface area contributed by atoms with Crippen molar-refractivity contribution >= 4 is 37.4 Å². The van der Waals surface area contributed by atoms with Gasteiger partial charge < -0.3 is 0 Å². The molecule has 9 heteroatoms. The van der Waals surface area contributed by atoms with Gasteiger partial charge in [-0.05, 0) is 0 Å². The van der Waals surface area contributed by atoms with Gasteiger partial charge in [-0.25, -0.2) is 0 Å². The van der Waals surface area contributed by atoms with Crippen molar-refractivity contribution < 1.29 is 28.6 Å². The Balaban J connectivity index is 2.15. The van der Waals surface area contributed by atoms with Crippen molar-refractivity contribution in [1.29, 1.82) is 0 Å². The molecule has 2 rings (SSSR count). The van der Waals surface area contributed by atoms with Gasteiger partial charge >= 0.3 is 207 Å². The van der Waals surface area contributed by atoms with E-state index in [0.29, 0.717) is 5.32 Å². The normalized spacial score (nSPS) is 12.7. The number of carbonyl (C=O) groups is 3. The zero-order valence-corrected chi connectivity index (χ0v) is 21.8. The second-order valence-corrected chi connectivity index (χ2v) is 10.8. The molecular formula is C25H32N2O6Se. The summed E-state index contributed by atoms with van der Waals surface area (Å²) in [6.07, 6.45) is -0.432. The van der Waals surface area contributed by atoms with Crippen LogP contribution in [0.4, 0.5) is 4.79 Å². The van der Waals surface area contributed by atoms with Gasteiger partial charge in [0.05, 0.1) is 0 Å². The molecule has 2 amide bonds. The Hall–Kier alpha value is -3.03. The summed E-state index contributed by atoms with van der Waals surface area (Å²) in [5.74, 6) is -0.302. The second kappa shape index (κ2) is 13.0. The number of hydrogen-bond acceptors (Lipinski definition) is 6. The number of methoxy groups -OCH3 is 2. The molecule has 8 nitrogen and oxygen atoms in total. The van der Waals surface area contributed by atoms with E-state index < -0.39 is 35.7 Å². The quantitative estimate of drug-likeness (QED) is 0.358. The molecule has 0 unspecified atom stereocenters. The molecular weight excluding hydrogens is 503 g/mol. The van der Waals surface area contributed by atoms with Crippen LogP contribution in [0, 0.1) is 0 Å². The third-order valence-electron chi connectivity index (χ3n) is 4.57. The number of esters is 1. The van der Waals surface area contributed by atoms with E-state index in [1.54, 1.807) is 27.9 Å². The first-order valence-corrected chi connectivity index (χ1v) is 12.9. The van der Waals surface area contributed by atoms with E-state index in [1.165, 1.54) is 7.11 Å². The standard InChI is InChI=1S/C25H32N2O6Se/c1-25(2,3)33-24(30)27-21(16-34-19-13-11-18(31-4)12-14-19)22(28)26-20(23(29)32-5)15-17-9-7-6-8-10-17/h6-14,20-21H,15-16H2,1-5H3,(H,26,28)(H,27,30)/t20-,21-/m0/s1. The molecule has 0 aliphatic carbocycles.